The van der Waals surface area contributed by atoms with Gasteiger partial charge in [0.2, 0.25) is 10.0 Å². The van der Waals surface area contributed by atoms with Gasteiger partial charge < -0.3 is 10.1 Å². The van der Waals surface area contributed by atoms with Gasteiger partial charge in [-0.3, -0.25) is 0 Å². The molecule has 1 unspecified atom stereocenters. The first-order valence-corrected chi connectivity index (χ1v) is 7.78. The van der Waals surface area contributed by atoms with Crippen LogP contribution in [0, 0.1) is 0 Å². The Kier molecular flexibility index (Phi) is 6.31. The SMILES string of the molecule is CC(NCCCS(N)(=O)=O)c1ccccc1OC(F)F. The highest BCUT2D eigenvalue weighted by Gasteiger charge is 2.14. The maximum absolute atomic E-state index is 12.3. The van der Waals surface area contributed by atoms with Crippen LogP contribution in [0.25, 0.3) is 0 Å². The molecule has 20 heavy (non-hydrogen) atoms. The molecule has 0 aliphatic carbocycles. The van der Waals surface area contributed by atoms with Crippen LogP contribution in [0.2, 0.25) is 0 Å². The lowest BCUT2D eigenvalue weighted by Gasteiger charge is -2.17. The first-order valence-electron chi connectivity index (χ1n) is 6.07. The lowest BCUT2D eigenvalue weighted by Crippen LogP contribution is -2.24. The van der Waals surface area contributed by atoms with E-state index in [1.165, 1.54) is 6.07 Å². The van der Waals surface area contributed by atoms with Gasteiger partial charge in [-0.15, -0.1) is 0 Å². The van der Waals surface area contributed by atoms with Crippen molar-refractivity contribution >= 4 is 10.0 Å². The molecule has 5 nitrogen and oxygen atoms in total. The van der Waals surface area contributed by atoms with Crippen molar-refractivity contribution in [3.05, 3.63) is 29.8 Å². The minimum atomic E-state index is -3.47. The quantitative estimate of drug-likeness (QED) is 0.715. The van der Waals surface area contributed by atoms with Crippen molar-refractivity contribution in [3.8, 4) is 5.75 Å². The largest absolute Gasteiger partial charge is 0.434 e. The molecule has 1 aromatic rings. The fourth-order valence-corrected chi connectivity index (χ4v) is 2.29. The fraction of sp³-hybridized carbons (Fsp3) is 0.500. The average Bonchev–Trinajstić information content (AvgIpc) is 2.33. The van der Waals surface area contributed by atoms with Crippen LogP contribution in [0.15, 0.2) is 24.3 Å². The van der Waals surface area contributed by atoms with Crippen molar-refractivity contribution < 1.29 is 21.9 Å². The van der Waals surface area contributed by atoms with Crippen LogP contribution in [0.3, 0.4) is 0 Å². The monoisotopic (exact) mass is 308 g/mol. The average molecular weight is 308 g/mol. The van der Waals surface area contributed by atoms with Crippen molar-refractivity contribution in [2.45, 2.75) is 26.0 Å². The second-order valence-corrected chi connectivity index (χ2v) is 6.05. The zero-order chi connectivity index (χ0) is 15.2. The van der Waals surface area contributed by atoms with Gasteiger partial charge in [0.05, 0.1) is 5.75 Å². The van der Waals surface area contributed by atoms with E-state index in [-0.39, 0.29) is 17.5 Å². The number of primary sulfonamides is 1. The van der Waals surface area contributed by atoms with E-state index < -0.39 is 16.6 Å². The van der Waals surface area contributed by atoms with Gasteiger partial charge in [0.25, 0.3) is 0 Å². The molecule has 0 saturated carbocycles. The Morgan fingerprint density at radius 2 is 2.00 bits per heavy atom. The van der Waals surface area contributed by atoms with Crippen LogP contribution in [0.5, 0.6) is 5.75 Å². The number of para-hydroxylation sites is 1. The van der Waals surface area contributed by atoms with Gasteiger partial charge in [-0.2, -0.15) is 8.78 Å². The second-order valence-electron chi connectivity index (χ2n) is 4.31. The van der Waals surface area contributed by atoms with Crippen LogP contribution in [0.1, 0.15) is 24.9 Å². The molecule has 0 aliphatic rings. The van der Waals surface area contributed by atoms with E-state index in [1.807, 2.05) is 0 Å². The van der Waals surface area contributed by atoms with Crippen LogP contribution >= 0.6 is 0 Å². The molecule has 1 aromatic carbocycles. The third kappa shape index (κ3) is 6.27. The van der Waals surface area contributed by atoms with Gasteiger partial charge in [0, 0.05) is 11.6 Å². The summed E-state index contributed by atoms with van der Waals surface area (Å²) < 4.78 is 50.5. The molecule has 8 heteroatoms. The normalized spacial score (nSPS) is 13.4. The molecule has 0 amide bonds. The van der Waals surface area contributed by atoms with Crippen molar-refractivity contribution in [1.82, 2.24) is 5.32 Å². The van der Waals surface area contributed by atoms with Crippen LogP contribution in [-0.2, 0) is 10.0 Å². The zero-order valence-electron chi connectivity index (χ0n) is 11.1. The third-order valence-corrected chi connectivity index (χ3v) is 3.52. The number of ether oxygens (including phenoxy) is 1. The summed E-state index contributed by atoms with van der Waals surface area (Å²) in [6.07, 6.45) is 0.348. The Morgan fingerprint density at radius 1 is 1.35 bits per heavy atom. The molecular weight excluding hydrogens is 290 g/mol. The molecule has 0 heterocycles. The van der Waals surface area contributed by atoms with E-state index in [0.29, 0.717) is 18.5 Å². The number of sulfonamides is 1. The van der Waals surface area contributed by atoms with Crippen LogP contribution < -0.4 is 15.2 Å². The second kappa shape index (κ2) is 7.51. The first-order chi connectivity index (χ1) is 9.29. The zero-order valence-corrected chi connectivity index (χ0v) is 11.9. The van der Waals surface area contributed by atoms with Gasteiger partial charge in [0.15, 0.2) is 0 Å². The highest BCUT2D eigenvalue weighted by molar-refractivity contribution is 7.89. The molecule has 114 valence electrons. The van der Waals surface area contributed by atoms with Gasteiger partial charge >= 0.3 is 6.61 Å². The summed E-state index contributed by atoms with van der Waals surface area (Å²) in [7, 11) is -3.47. The van der Waals surface area contributed by atoms with E-state index in [2.05, 4.69) is 10.1 Å². The van der Waals surface area contributed by atoms with Crippen LogP contribution in [-0.4, -0.2) is 27.3 Å². The summed E-state index contributed by atoms with van der Waals surface area (Å²) in [5.74, 6) is -0.0176. The summed E-state index contributed by atoms with van der Waals surface area (Å²) in [5.41, 5.74) is 0.586. The lowest BCUT2D eigenvalue weighted by atomic mass is 10.1. The smallest absolute Gasteiger partial charge is 0.387 e. The third-order valence-electron chi connectivity index (χ3n) is 2.66. The minimum absolute atomic E-state index is 0.106. The standard InChI is InChI=1S/C12H18F2N2O3S/c1-9(16-7-4-8-20(15,17)18)10-5-2-3-6-11(10)19-12(13)14/h2-3,5-6,9,12,16H,4,7-8H2,1H3,(H2,15,17,18). The highest BCUT2D eigenvalue weighted by Crippen LogP contribution is 2.26. The van der Waals surface area contributed by atoms with E-state index in [0.717, 1.165) is 0 Å². The molecular formula is C12H18F2N2O3S. The summed E-state index contributed by atoms with van der Waals surface area (Å²) >= 11 is 0. The molecule has 3 N–H and O–H groups in total. The lowest BCUT2D eigenvalue weighted by molar-refractivity contribution is -0.0506. The van der Waals surface area contributed by atoms with Crippen molar-refractivity contribution in [1.29, 1.82) is 0 Å². The van der Waals surface area contributed by atoms with Crippen molar-refractivity contribution in [3.63, 3.8) is 0 Å². The summed E-state index contributed by atoms with van der Waals surface area (Å²) in [4.78, 5) is 0. The minimum Gasteiger partial charge on any atom is -0.434 e. The summed E-state index contributed by atoms with van der Waals surface area (Å²) in [5, 5.41) is 7.92. The Labute approximate surface area is 117 Å². The van der Waals surface area contributed by atoms with Gasteiger partial charge in [0.1, 0.15) is 5.75 Å². The number of halogens is 2. The Bertz CT molecular complexity index is 523. The highest BCUT2D eigenvalue weighted by atomic mass is 32.2. The summed E-state index contributed by atoms with van der Waals surface area (Å²) in [6, 6.07) is 6.22. The van der Waals surface area contributed by atoms with Gasteiger partial charge in [-0.05, 0) is 26.0 Å². The molecule has 0 aromatic heterocycles. The van der Waals surface area contributed by atoms with Crippen LogP contribution in [0.4, 0.5) is 8.78 Å². The molecule has 0 saturated heterocycles. The Morgan fingerprint density at radius 3 is 2.60 bits per heavy atom. The van der Waals surface area contributed by atoms with E-state index in [4.69, 9.17) is 5.14 Å². The molecule has 1 rings (SSSR count). The molecule has 0 aliphatic heterocycles. The first kappa shape index (κ1) is 16.8. The molecule has 1 atom stereocenters. The maximum atomic E-state index is 12.3. The number of rotatable bonds is 8. The number of hydrogen-bond donors (Lipinski definition) is 2. The number of hydrogen-bond acceptors (Lipinski definition) is 4. The Hall–Kier alpha value is -1.25. The van der Waals surface area contributed by atoms with E-state index >= 15 is 0 Å². The van der Waals surface area contributed by atoms with Crippen molar-refractivity contribution in [2.24, 2.45) is 5.14 Å². The predicted octanol–water partition coefficient (Wildman–Crippen LogP) is 1.62. The molecule has 0 bridgehead atoms. The fourth-order valence-electron chi connectivity index (χ4n) is 1.74. The van der Waals surface area contributed by atoms with Gasteiger partial charge in [-0.1, -0.05) is 18.2 Å². The van der Waals surface area contributed by atoms with Gasteiger partial charge in [-0.25, -0.2) is 13.6 Å². The topological polar surface area (TPSA) is 81.4 Å². The number of alkyl halides is 2. The number of nitrogens with two attached hydrogens (primary N) is 1. The predicted molar refractivity (Wildman–Crippen MR) is 72.1 cm³/mol. The number of benzene rings is 1. The molecule has 0 fully saturated rings. The van der Waals surface area contributed by atoms with Crippen molar-refractivity contribution in [2.75, 3.05) is 12.3 Å². The van der Waals surface area contributed by atoms with E-state index in [1.54, 1.807) is 25.1 Å². The van der Waals surface area contributed by atoms with E-state index in [9.17, 15) is 17.2 Å². The maximum Gasteiger partial charge on any atom is 0.387 e. The molecule has 0 spiro atoms. The number of nitrogens with one attached hydrogen (secondary N) is 1. The summed E-state index contributed by atoms with van der Waals surface area (Å²) in [6.45, 7) is -0.698. The molecule has 0 radical (unpaired) electrons. The Balaban J connectivity index is 2.56.